The van der Waals surface area contributed by atoms with Crippen molar-refractivity contribution in [1.82, 2.24) is 0 Å². The highest BCUT2D eigenvalue weighted by Crippen LogP contribution is 2.26. The normalized spacial score (nSPS) is 21.2. The minimum Gasteiger partial charge on any atom is -0.375 e. The first-order valence-electron chi connectivity index (χ1n) is 5.41. The smallest absolute Gasteiger partial charge is 0.0722 e. The number of hydrogen-bond acceptors (Lipinski definition) is 2. The maximum absolute atomic E-state index is 5.54. The molecule has 0 radical (unpaired) electrons. The number of nitrogens with zero attached hydrogens (tertiary/aromatic N) is 1. The van der Waals surface area contributed by atoms with Crippen LogP contribution < -0.4 is 4.90 Å². The molecule has 0 amide bonds. The van der Waals surface area contributed by atoms with Crippen LogP contribution in [0.5, 0.6) is 0 Å². The summed E-state index contributed by atoms with van der Waals surface area (Å²) in [6, 6.07) is 6.53. The van der Waals surface area contributed by atoms with Gasteiger partial charge in [0.15, 0.2) is 0 Å². The minimum atomic E-state index is 0.323. The lowest BCUT2D eigenvalue weighted by Gasteiger charge is -2.33. The predicted molar refractivity (Wildman–Crippen MR) is 74.4 cm³/mol. The number of morpholine rings is 1. The van der Waals surface area contributed by atoms with Crippen molar-refractivity contribution < 1.29 is 4.74 Å². The van der Waals surface area contributed by atoms with Gasteiger partial charge in [0, 0.05) is 28.6 Å². The highest BCUT2D eigenvalue weighted by atomic mass is 79.9. The molecule has 1 saturated heterocycles. The largest absolute Gasteiger partial charge is 0.375 e. The van der Waals surface area contributed by atoms with Gasteiger partial charge in [0.25, 0.3) is 0 Å². The van der Waals surface area contributed by atoms with Crippen molar-refractivity contribution in [3.8, 4) is 0 Å². The monoisotopic (exact) mass is 347 g/mol. The lowest BCUT2D eigenvalue weighted by atomic mass is 10.2. The molecule has 2 rings (SSSR count). The summed E-state index contributed by atoms with van der Waals surface area (Å²) in [5, 5.41) is 0.882. The summed E-state index contributed by atoms with van der Waals surface area (Å²) in [4.78, 5) is 2.37. The Labute approximate surface area is 113 Å². The summed E-state index contributed by atoms with van der Waals surface area (Å²) in [5.74, 6) is 0. The van der Waals surface area contributed by atoms with Gasteiger partial charge in [-0.3, -0.25) is 0 Å². The van der Waals surface area contributed by atoms with Crippen LogP contribution in [0.3, 0.4) is 0 Å². The van der Waals surface area contributed by atoms with Crippen molar-refractivity contribution in [2.45, 2.75) is 18.4 Å². The van der Waals surface area contributed by atoms with Crippen LogP contribution in [-0.2, 0) is 10.1 Å². The highest BCUT2D eigenvalue weighted by Gasteiger charge is 2.17. The molecule has 0 N–H and O–H groups in total. The molecule has 1 atom stereocenters. The number of halogens is 2. The predicted octanol–water partition coefficient (Wildman–Crippen LogP) is 3.57. The van der Waals surface area contributed by atoms with Crippen molar-refractivity contribution in [2.75, 3.05) is 24.6 Å². The fourth-order valence-electron chi connectivity index (χ4n) is 1.89. The zero-order valence-corrected chi connectivity index (χ0v) is 12.4. The maximum atomic E-state index is 5.54. The number of rotatable bonds is 2. The van der Waals surface area contributed by atoms with Crippen LogP contribution in [-0.4, -0.2) is 25.8 Å². The fraction of sp³-hybridized carbons (Fsp3) is 0.500. The third-order valence-corrected chi connectivity index (χ3v) is 4.13. The van der Waals surface area contributed by atoms with Crippen LogP contribution in [0.1, 0.15) is 12.5 Å². The molecular formula is C12H15Br2NO. The Hall–Kier alpha value is -0.0600. The molecule has 1 aliphatic heterocycles. The molecule has 88 valence electrons. The van der Waals surface area contributed by atoms with E-state index in [2.05, 4.69) is 61.9 Å². The zero-order valence-electron chi connectivity index (χ0n) is 9.25. The topological polar surface area (TPSA) is 12.5 Å². The number of alkyl halides is 1. The molecule has 0 saturated carbocycles. The lowest BCUT2D eigenvalue weighted by Crippen LogP contribution is -2.41. The molecule has 1 unspecified atom stereocenters. The van der Waals surface area contributed by atoms with Gasteiger partial charge in [0.05, 0.1) is 12.7 Å². The number of benzene rings is 1. The van der Waals surface area contributed by atoms with Crippen LogP contribution in [0.15, 0.2) is 22.7 Å². The lowest BCUT2D eigenvalue weighted by molar-refractivity contribution is 0.0532. The molecule has 0 aliphatic carbocycles. The van der Waals surface area contributed by atoms with Gasteiger partial charge in [-0.15, -0.1) is 0 Å². The Bertz CT molecular complexity index is 370. The van der Waals surface area contributed by atoms with Gasteiger partial charge in [-0.2, -0.15) is 0 Å². The van der Waals surface area contributed by atoms with Crippen LogP contribution in [0.2, 0.25) is 0 Å². The Morgan fingerprint density at radius 2 is 2.31 bits per heavy atom. The second kappa shape index (κ2) is 5.52. The number of hydrogen-bond donors (Lipinski definition) is 0. The van der Waals surface area contributed by atoms with E-state index in [4.69, 9.17) is 4.74 Å². The first kappa shape index (κ1) is 12.4. The van der Waals surface area contributed by atoms with Crippen LogP contribution in [0.25, 0.3) is 0 Å². The van der Waals surface area contributed by atoms with Crippen molar-refractivity contribution in [1.29, 1.82) is 0 Å². The van der Waals surface area contributed by atoms with Gasteiger partial charge in [-0.1, -0.05) is 37.9 Å². The van der Waals surface area contributed by atoms with Crippen molar-refractivity contribution in [3.63, 3.8) is 0 Å². The summed E-state index contributed by atoms with van der Waals surface area (Å²) in [6.07, 6.45) is 0.323. The molecule has 1 fully saturated rings. The van der Waals surface area contributed by atoms with Gasteiger partial charge in [-0.25, -0.2) is 0 Å². The van der Waals surface area contributed by atoms with Crippen LogP contribution in [0.4, 0.5) is 5.69 Å². The van der Waals surface area contributed by atoms with Crippen molar-refractivity contribution in [3.05, 3.63) is 28.2 Å². The minimum absolute atomic E-state index is 0.323. The standard InChI is InChI=1S/C12H15Br2NO/c1-9-8-15(4-5-16-9)11-3-2-10(7-13)12(14)6-11/h2-3,6,9H,4-5,7-8H2,1H3. The molecule has 1 aromatic rings. The van der Waals surface area contributed by atoms with Gasteiger partial charge < -0.3 is 9.64 Å². The van der Waals surface area contributed by atoms with Gasteiger partial charge in [-0.05, 0) is 24.6 Å². The summed E-state index contributed by atoms with van der Waals surface area (Å²) in [6.45, 7) is 4.89. The molecule has 0 spiro atoms. The van der Waals surface area contributed by atoms with Gasteiger partial charge >= 0.3 is 0 Å². The molecule has 0 bridgehead atoms. The SMILES string of the molecule is CC1CN(c2ccc(CBr)c(Br)c2)CCO1. The van der Waals surface area contributed by atoms with Crippen molar-refractivity contribution in [2.24, 2.45) is 0 Å². The molecular weight excluding hydrogens is 334 g/mol. The van der Waals surface area contributed by atoms with E-state index in [0.717, 1.165) is 25.0 Å². The van der Waals surface area contributed by atoms with E-state index in [0.29, 0.717) is 6.10 Å². The van der Waals surface area contributed by atoms with E-state index in [1.807, 2.05) is 0 Å². The van der Waals surface area contributed by atoms with E-state index in [1.165, 1.54) is 15.7 Å². The summed E-state index contributed by atoms with van der Waals surface area (Å²) < 4.78 is 6.71. The zero-order chi connectivity index (χ0) is 11.5. The van der Waals surface area contributed by atoms with Gasteiger partial charge in [0.2, 0.25) is 0 Å². The Morgan fingerprint density at radius 3 is 2.94 bits per heavy atom. The van der Waals surface area contributed by atoms with Crippen LogP contribution in [0, 0.1) is 0 Å². The Kier molecular flexibility index (Phi) is 4.27. The van der Waals surface area contributed by atoms with E-state index in [9.17, 15) is 0 Å². The van der Waals surface area contributed by atoms with Crippen molar-refractivity contribution >= 4 is 37.5 Å². The summed E-state index contributed by atoms with van der Waals surface area (Å²) in [7, 11) is 0. The Balaban J connectivity index is 2.17. The molecule has 0 aromatic heterocycles. The summed E-state index contributed by atoms with van der Waals surface area (Å²) in [5.41, 5.74) is 2.55. The third kappa shape index (κ3) is 2.79. The van der Waals surface area contributed by atoms with E-state index >= 15 is 0 Å². The van der Waals surface area contributed by atoms with E-state index in [-0.39, 0.29) is 0 Å². The number of anilines is 1. The molecule has 4 heteroatoms. The average Bonchev–Trinajstić information content (AvgIpc) is 2.29. The molecule has 1 aliphatic rings. The molecule has 1 aromatic carbocycles. The second-order valence-corrected chi connectivity index (χ2v) is 5.45. The second-order valence-electron chi connectivity index (χ2n) is 4.04. The van der Waals surface area contributed by atoms with Gasteiger partial charge in [0.1, 0.15) is 0 Å². The molecule has 1 heterocycles. The maximum Gasteiger partial charge on any atom is 0.0722 e. The number of ether oxygens (including phenoxy) is 1. The highest BCUT2D eigenvalue weighted by molar-refractivity contribution is 9.10. The Morgan fingerprint density at radius 1 is 1.50 bits per heavy atom. The molecule has 2 nitrogen and oxygen atoms in total. The molecule has 16 heavy (non-hydrogen) atoms. The first-order chi connectivity index (χ1) is 7.70. The fourth-order valence-corrected chi connectivity index (χ4v) is 3.27. The van der Waals surface area contributed by atoms with E-state index < -0.39 is 0 Å². The average molecular weight is 349 g/mol. The first-order valence-corrected chi connectivity index (χ1v) is 7.33. The van der Waals surface area contributed by atoms with E-state index in [1.54, 1.807) is 0 Å². The third-order valence-electron chi connectivity index (χ3n) is 2.79. The van der Waals surface area contributed by atoms with Crippen LogP contribution >= 0.6 is 31.9 Å². The quantitative estimate of drug-likeness (QED) is 0.757. The summed E-state index contributed by atoms with van der Waals surface area (Å²) >= 11 is 7.08.